The van der Waals surface area contributed by atoms with Crippen LogP contribution >= 0.6 is 0 Å². The summed E-state index contributed by atoms with van der Waals surface area (Å²) in [5.74, 6) is -0.0746. The number of nitrogens with zero attached hydrogens (tertiary/aromatic N) is 1. The van der Waals surface area contributed by atoms with E-state index >= 15 is 0 Å². The molecule has 0 atom stereocenters. The number of ketones is 1. The summed E-state index contributed by atoms with van der Waals surface area (Å²) in [5.41, 5.74) is 2.83. The molecule has 5 heteroatoms. The molecule has 27 heavy (non-hydrogen) atoms. The summed E-state index contributed by atoms with van der Waals surface area (Å²) in [7, 11) is 0. The molecule has 140 valence electrons. The van der Waals surface area contributed by atoms with Crippen molar-refractivity contribution < 1.29 is 14.3 Å². The van der Waals surface area contributed by atoms with Crippen LogP contribution in [0.15, 0.2) is 54.7 Å². The summed E-state index contributed by atoms with van der Waals surface area (Å²) >= 11 is 0. The van der Waals surface area contributed by atoms with Crippen molar-refractivity contribution >= 4 is 17.2 Å². The fourth-order valence-electron chi connectivity index (χ4n) is 2.96. The lowest BCUT2D eigenvalue weighted by molar-refractivity contribution is -0.117. The number of pyridine rings is 1. The van der Waals surface area contributed by atoms with Crippen LogP contribution in [0.3, 0.4) is 0 Å². The number of rotatable bonds is 7. The molecular formula is C22H24N2O3. The van der Waals surface area contributed by atoms with Crippen molar-refractivity contribution in [3.63, 3.8) is 0 Å². The quantitative estimate of drug-likeness (QED) is 0.510. The first-order valence-electron chi connectivity index (χ1n) is 9.17. The van der Waals surface area contributed by atoms with E-state index in [1.165, 1.54) is 0 Å². The largest absolute Gasteiger partial charge is 0.494 e. The minimum Gasteiger partial charge on any atom is -0.494 e. The van der Waals surface area contributed by atoms with Gasteiger partial charge in [0.25, 0.3) is 11.7 Å². The average molecular weight is 364 g/mol. The SMILES string of the molecule is CCOc1ccc(-c2cc3ccccn3c2C(=O)C(=O)NCC(C)C)cc1. The van der Waals surface area contributed by atoms with E-state index in [4.69, 9.17) is 4.74 Å². The maximum absolute atomic E-state index is 12.9. The molecule has 1 aromatic carbocycles. The minimum absolute atomic E-state index is 0.274. The smallest absolute Gasteiger partial charge is 0.294 e. The van der Waals surface area contributed by atoms with Gasteiger partial charge in [0, 0.05) is 23.8 Å². The van der Waals surface area contributed by atoms with Crippen molar-refractivity contribution in [2.24, 2.45) is 5.92 Å². The Bertz CT molecular complexity index is 955. The van der Waals surface area contributed by atoms with Gasteiger partial charge in [-0.05, 0) is 48.7 Å². The Morgan fingerprint density at radius 2 is 1.85 bits per heavy atom. The Kier molecular flexibility index (Phi) is 5.60. The van der Waals surface area contributed by atoms with Gasteiger partial charge in [-0.1, -0.05) is 32.0 Å². The molecule has 0 radical (unpaired) electrons. The summed E-state index contributed by atoms with van der Waals surface area (Å²) in [6, 6.07) is 15.1. The fraction of sp³-hybridized carbons (Fsp3) is 0.273. The number of amides is 1. The molecule has 1 N–H and O–H groups in total. The normalized spacial score (nSPS) is 11.0. The minimum atomic E-state index is -0.584. The van der Waals surface area contributed by atoms with Crippen molar-refractivity contribution in [1.82, 2.24) is 9.72 Å². The zero-order valence-electron chi connectivity index (χ0n) is 15.9. The number of carbonyl (C=O) groups excluding carboxylic acids is 2. The third-order valence-corrected chi connectivity index (χ3v) is 4.25. The lowest BCUT2D eigenvalue weighted by atomic mass is 10.0. The zero-order chi connectivity index (χ0) is 19.4. The molecule has 2 heterocycles. The van der Waals surface area contributed by atoms with Gasteiger partial charge in [0.05, 0.1) is 6.61 Å². The maximum atomic E-state index is 12.9. The van der Waals surface area contributed by atoms with E-state index < -0.39 is 11.7 Å². The zero-order valence-corrected chi connectivity index (χ0v) is 15.9. The molecule has 0 spiro atoms. The fourth-order valence-corrected chi connectivity index (χ4v) is 2.96. The van der Waals surface area contributed by atoms with Crippen LogP contribution < -0.4 is 10.1 Å². The maximum Gasteiger partial charge on any atom is 0.294 e. The monoisotopic (exact) mass is 364 g/mol. The van der Waals surface area contributed by atoms with Crippen LogP contribution in [0.4, 0.5) is 0 Å². The molecule has 0 saturated carbocycles. The Morgan fingerprint density at radius 1 is 1.11 bits per heavy atom. The van der Waals surface area contributed by atoms with E-state index in [9.17, 15) is 9.59 Å². The second-order valence-corrected chi connectivity index (χ2v) is 6.79. The highest BCUT2D eigenvalue weighted by molar-refractivity contribution is 6.43. The molecule has 0 aliphatic rings. The highest BCUT2D eigenvalue weighted by Gasteiger charge is 2.24. The molecule has 0 fully saturated rings. The molecule has 3 rings (SSSR count). The summed E-state index contributed by atoms with van der Waals surface area (Å²) < 4.78 is 7.26. The predicted molar refractivity (Wildman–Crippen MR) is 106 cm³/mol. The van der Waals surface area contributed by atoms with E-state index in [0.717, 1.165) is 22.4 Å². The molecule has 2 aromatic heterocycles. The van der Waals surface area contributed by atoms with Crippen LogP contribution in [0.2, 0.25) is 0 Å². The first-order valence-corrected chi connectivity index (χ1v) is 9.17. The number of carbonyl (C=O) groups is 2. The molecule has 1 amide bonds. The molecule has 0 aliphatic carbocycles. The van der Waals surface area contributed by atoms with E-state index in [2.05, 4.69) is 5.32 Å². The van der Waals surface area contributed by atoms with Crippen molar-refractivity contribution in [2.75, 3.05) is 13.2 Å². The van der Waals surface area contributed by atoms with Gasteiger partial charge in [-0.15, -0.1) is 0 Å². The number of aromatic nitrogens is 1. The van der Waals surface area contributed by atoms with Gasteiger partial charge in [-0.2, -0.15) is 0 Å². The van der Waals surface area contributed by atoms with Crippen LogP contribution in [0.1, 0.15) is 31.3 Å². The number of benzene rings is 1. The van der Waals surface area contributed by atoms with Gasteiger partial charge in [-0.3, -0.25) is 9.59 Å². The first kappa shape index (κ1) is 18.7. The van der Waals surface area contributed by atoms with Gasteiger partial charge >= 0.3 is 0 Å². The topological polar surface area (TPSA) is 59.8 Å². The third-order valence-electron chi connectivity index (χ3n) is 4.25. The van der Waals surface area contributed by atoms with Crippen LogP contribution in [-0.4, -0.2) is 29.2 Å². The molecule has 0 unspecified atom stereocenters. The van der Waals surface area contributed by atoms with E-state index in [1.54, 1.807) is 10.6 Å². The van der Waals surface area contributed by atoms with Gasteiger partial charge in [0.2, 0.25) is 0 Å². The van der Waals surface area contributed by atoms with E-state index in [1.807, 2.05) is 69.3 Å². The number of hydrogen-bond acceptors (Lipinski definition) is 3. The number of nitrogens with one attached hydrogen (secondary N) is 1. The highest BCUT2D eigenvalue weighted by Crippen LogP contribution is 2.29. The standard InChI is InChI=1S/C22H24N2O3/c1-4-27-18-10-8-16(9-11-18)19-13-17-7-5-6-12-24(17)20(19)21(25)22(26)23-14-15(2)3/h5-13,15H,4,14H2,1-3H3,(H,23,26). The van der Waals surface area contributed by atoms with Crippen LogP contribution in [-0.2, 0) is 4.79 Å². The third kappa shape index (κ3) is 4.03. The number of ether oxygens (including phenoxy) is 1. The number of Topliss-reactive ketones (excluding diaryl/α,β-unsaturated/α-hetero) is 1. The molecule has 5 nitrogen and oxygen atoms in total. The molecular weight excluding hydrogens is 340 g/mol. The van der Waals surface area contributed by atoms with Crippen molar-refractivity contribution in [3.05, 3.63) is 60.4 Å². The van der Waals surface area contributed by atoms with Gasteiger partial charge in [-0.25, -0.2) is 0 Å². The van der Waals surface area contributed by atoms with E-state index in [0.29, 0.717) is 18.8 Å². The Hall–Kier alpha value is -3.08. The second kappa shape index (κ2) is 8.08. The van der Waals surface area contributed by atoms with Gasteiger partial charge < -0.3 is 14.5 Å². The Morgan fingerprint density at radius 3 is 2.52 bits per heavy atom. The van der Waals surface area contributed by atoms with Crippen LogP contribution in [0.5, 0.6) is 5.75 Å². The Labute approximate surface area is 159 Å². The van der Waals surface area contributed by atoms with Crippen LogP contribution in [0, 0.1) is 5.92 Å². The average Bonchev–Trinajstić information content (AvgIpc) is 3.05. The molecule has 3 aromatic rings. The Balaban J connectivity index is 2.04. The first-order chi connectivity index (χ1) is 13.0. The van der Waals surface area contributed by atoms with E-state index in [-0.39, 0.29) is 5.92 Å². The van der Waals surface area contributed by atoms with Crippen molar-refractivity contribution in [2.45, 2.75) is 20.8 Å². The number of fused-ring (bicyclic) bond motifs is 1. The van der Waals surface area contributed by atoms with Gasteiger partial charge in [0.1, 0.15) is 11.4 Å². The molecule has 0 bridgehead atoms. The lowest BCUT2D eigenvalue weighted by Gasteiger charge is -2.09. The molecule has 0 aliphatic heterocycles. The predicted octanol–water partition coefficient (Wildman–Crippen LogP) is 3.96. The van der Waals surface area contributed by atoms with Crippen molar-refractivity contribution in [1.29, 1.82) is 0 Å². The summed E-state index contributed by atoms with van der Waals surface area (Å²) in [5, 5.41) is 2.72. The summed E-state index contributed by atoms with van der Waals surface area (Å²) in [4.78, 5) is 25.4. The number of hydrogen-bond donors (Lipinski definition) is 1. The highest BCUT2D eigenvalue weighted by atomic mass is 16.5. The summed E-state index contributed by atoms with van der Waals surface area (Å²) in [6.07, 6.45) is 1.80. The molecule has 0 saturated heterocycles. The van der Waals surface area contributed by atoms with Crippen molar-refractivity contribution in [3.8, 4) is 16.9 Å². The second-order valence-electron chi connectivity index (χ2n) is 6.79. The summed E-state index contributed by atoms with van der Waals surface area (Å²) in [6.45, 7) is 6.97. The van der Waals surface area contributed by atoms with Gasteiger partial charge in [0.15, 0.2) is 0 Å². The lowest BCUT2D eigenvalue weighted by Crippen LogP contribution is -2.34. The van der Waals surface area contributed by atoms with Crippen LogP contribution in [0.25, 0.3) is 16.6 Å².